The Bertz CT molecular complexity index is 1460. The molecule has 0 aliphatic carbocycles. The second-order valence-electron chi connectivity index (χ2n) is 9.77. The molecule has 0 bridgehead atoms. The zero-order valence-corrected chi connectivity index (χ0v) is 21.2. The average molecular weight is 482 g/mol. The zero-order valence-electron chi connectivity index (χ0n) is 24.2. The number of rotatable bonds is 7. The Kier molecular flexibility index (Phi) is 5.58. The predicted molar refractivity (Wildman–Crippen MR) is 148 cm³/mol. The van der Waals surface area contributed by atoms with Crippen molar-refractivity contribution in [3.63, 3.8) is 0 Å². The van der Waals surface area contributed by atoms with Crippen molar-refractivity contribution in [1.82, 2.24) is 14.7 Å². The van der Waals surface area contributed by atoms with Gasteiger partial charge in [-0.3, -0.25) is 0 Å². The molecule has 0 amide bonds. The maximum Gasteiger partial charge on any atom is 0.129 e. The van der Waals surface area contributed by atoms with Gasteiger partial charge in [0.25, 0.3) is 0 Å². The standard InChI is InChI=1S/C31H34N4O/c1-22(2)29-13-8-14-30(23(3)4)31(29)24-19-32-35(20-24)26-10-7-12-28(18-26)36-27-11-6-9-25(17-27)34-16-15-33(5)21-34/h6-20,22-23H,21H2,1-5H3/i5D3. The summed E-state index contributed by atoms with van der Waals surface area (Å²) in [4.78, 5) is 3.20. The molecule has 184 valence electrons. The lowest BCUT2D eigenvalue weighted by Gasteiger charge is -2.19. The summed E-state index contributed by atoms with van der Waals surface area (Å²) in [5, 5.41) is 4.70. The van der Waals surface area contributed by atoms with Crippen LogP contribution in [0.25, 0.3) is 16.8 Å². The minimum absolute atomic E-state index is 0.259. The Morgan fingerprint density at radius 2 is 1.47 bits per heavy atom. The highest BCUT2D eigenvalue weighted by atomic mass is 16.5. The summed E-state index contributed by atoms with van der Waals surface area (Å²) in [5.41, 5.74) is 6.78. The van der Waals surface area contributed by atoms with Crippen LogP contribution in [0.3, 0.4) is 0 Å². The molecule has 1 aliphatic rings. The third kappa shape index (κ3) is 4.87. The van der Waals surface area contributed by atoms with Gasteiger partial charge in [0.2, 0.25) is 0 Å². The van der Waals surface area contributed by atoms with Crippen molar-refractivity contribution in [3.05, 3.63) is 103 Å². The van der Waals surface area contributed by atoms with E-state index >= 15 is 0 Å². The monoisotopic (exact) mass is 481 g/mol. The predicted octanol–water partition coefficient (Wildman–Crippen LogP) is 7.76. The number of anilines is 1. The van der Waals surface area contributed by atoms with E-state index in [1.807, 2.05) is 64.3 Å². The summed E-state index contributed by atoms with van der Waals surface area (Å²) in [6, 6.07) is 22.0. The van der Waals surface area contributed by atoms with Crippen molar-refractivity contribution in [2.45, 2.75) is 39.5 Å². The molecule has 0 unspecified atom stereocenters. The first-order chi connectivity index (χ1) is 18.6. The Labute approximate surface area is 218 Å². The van der Waals surface area contributed by atoms with Crippen LogP contribution in [0, 0.1) is 0 Å². The normalized spacial score (nSPS) is 14.9. The van der Waals surface area contributed by atoms with Crippen molar-refractivity contribution in [2.24, 2.45) is 0 Å². The van der Waals surface area contributed by atoms with Crippen molar-refractivity contribution >= 4 is 5.69 Å². The highest BCUT2D eigenvalue weighted by Crippen LogP contribution is 2.36. The highest BCUT2D eigenvalue weighted by molar-refractivity contribution is 5.72. The van der Waals surface area contributed by atoms with Crippen molar-refractivity contribution in [1.29, 1.82) is 0 Å². The van der Waals surface area contributed by atoms with E-state index in [1.54, 1.807) is 12.4 Å². The quantitative estimate of drug-likeness (QED) is 0.270. The fraction of sp³-hybridized carbons (Fsp3) is 0.258. The van der Waals surface area contributed by atoms with Gasteiger partial charge in [-0.1, -0.05) is 58.0 Å². The van der Waals surface area contributed by atoms with E-state index in [2.05, 4.69) is 52.1 Å². The molecule has 1 aromatic heterocycles. The SMILES string of the molecule is [2H]C([2H])([2H])N1C=CN(c2cccc(Oc3cccc(-n4cc(-c5c(C(C)C)cccc5C(C)C)cn4)c3)c2)C1. The van der Waals surface area contributed by atoms with Gasteiger partial charge in [-0.15, -0.1) is 0 Å². The average Bonchev–Trinajstić information content (AvgIpc) is 3.59. The summed E-state index contributed by atoms with van der Waals surface area (Å²) < 4.78 is 31.0. The molecule has 0 saturated heterocycles. The molecule has 4 aromatic rings. The van der Waals surface area contributed by atoms with Crippen molar-refractivity contribution in [2.75, 3.05) is 18.5 Å². The lowest BCUT2D eigenvalue weighted by atomic mass is 9.86. The zero-order chi connectivity index (χ0) is 27.7. The van der Waals surface area contributed by atoms with E-state index in [0.29, 0.717) is 23.3 Å². The fourth-order valence-electron chi connectivity index (χ4n) is 4.62. The van der Waals surface area contributed by atoms with Gasteiger partial charge in [-0.05, 0) is 52.8 Å². The molecule has 0 fully saturated rings. The Hall–Kier alpha value is -3.99. The largest absolute Gasteiger partial charge is 0.457 e. The van der Waals surface area contributed by atoms with Crippen molar-refractivity contribution in [3.8, 4) is 28.3 Å². The van der Waals surface area contributed by atoms with Crippen LogP contribution in [-0.4, -0.2) is 28.3 Å². The second kappa shape index (κ2) is 9.94. The lowest BCUT2D eigenvalue weighted by Crippen LogP contribution is -2.21. The van der Waals surface area contributed by atoms with E-state index < -0.39 is 6.98 Å². The molecule has 36 heavy (non-hydrogen) atoms. The van der Waals surface area contributed by atoms with Crippen LogP contribution in [0.1, 0.15) is 54.8 Å². The molecule has 0 spiro atoms. The van der Waals surface area contributed by atoms with Crippen LogP contribution in [-0.2, 0) is 0 Å². The maximum absolute atomic E-state index is 7.62. The first kappa shape index (κ1) is 20.2. The molecule has 2 heterocycles. The summed E-state index contributed by atoms with van der Waals surface area (Å²) in [6.45, 7) is 7.01. The lowest BCUT2D eigenvalue weighted by molar-refractivity contribution is 0.480. The minimum atomic E-state index is -2.17. The topological polar surface area (TPSA) is 33.5 Å². The second-order valence-corrected chi connectivity index (χ2v) is 9.77. The molecule has 3 aromatic carbocycles. The molecular formula is C31H34N4O. The first-order valence-corrected chi connectivity index (χ1v) is 12.4. The number of hydrogen-bond acceptors (Lipinski definition) is 4. The minimum Gasteiger partial charge on any atom is -0.457 e. The van der Waals surface area contributed by atoms with E-state index in [4.69, 9.17) is 13.9 Å². The van der Waals surface area contributed by atoms with Gasteiger partial charge in [0.05, 0.1) is 18.6 Å². The van der Waals surface area contributed by atoms with Gasteiger partial charge in [0.1, 0.15) is 11.5 Å². The molecule has 0 atom stereocenters. The van der Waals surface area contributed by atoms with Gasteiger partial charge in [-0.25, -0.2) is 4.68 Å². The third-order valence-corrected chi connectivity index (χ3v) is 6.44. The molecule has 5 rings (SSSR count). The van der Waals surface area contributed by atoms with Crippen LogP contribution in [0.4, 0.5) is 5.69 Å². The fourth-order valence-corrected chi connectivity index (χ4v) is 4.62. The molecule has 0 radical (unpaired) electrons. The van der Waals surface area contributed by atoms with Crippen molar-refractivity contribution < 1.29 is 8.85 Å². The van der Waals surface area contributed by atoms with Gasteiger partial charge in [0, 0.05) is 53.1 Å². The number of aromatic nitrogens is 2. The molecule has 0 saturated carbocycles. The van der Waals surface area contributed by atoms with E-state index in [9.17, 15) is 0 Å². The Balaban J connectivity index is 1.38. The van der Waals surface area contributed by atoms with Crippen LogP contribution >= 0.6 is 0 Å². The van der Waals surface area contributed by atoms with Crippen LogP contribution < -0.4 is 9.64 Å². The number of benzene rings is 3. The first-order valence-electron chi connectivity index (χ1n) is 13.9. The number of hydrogen-bond donors (Lipinski definition) is 0. The highest BCUT2D eigenvalue weighted by Gasteiger charge is 2.17. The summed E-state index contributed by atoms with van der Waals surface area (Å²) in [6.07, 6.45) is 7.38. The molecule has 1 aliphatic heterocycles. The van der Waals surface area contributed by atoms with Gasteiger partial charge >= 0.3 is 0 Å². The smallest absolute Gasteiger partial charge is 0.129 e. The Morgan fingerprint density at radius 3 is 2.11 bits per heavy atom. The van der Waals surface area contributed by atoms with Crippen LogP contribution in [0.2, 0.25) is 0 Å². The maximum atomic E-state index is 7.62. The number of ether oxygens (including phenoxy) is 1. The summed E-state index contributed by atoms with van der Waals surface area (Å²) in [5.74, 6) is 2.16. The van der Waals surface area contributed by atoms with Crippen LogP contribution in [0.5, 0.6) is 11.5 Å². The molecule has 0 N–H and O–H groups in total. The van der Waals surface area contributed by atoms with Gasteiger partial charge < -0.3 is 14.5 Å². The summed E-state index contributed by atoms with van der Waals surface area (Å²) in [7, 11) is 0. The van der Waals surface area contributed by atoms with Gasteiger partial charge in [-0.2, -0.15) is 5.10 Å². The van der Waals surface area contributed by atoms with Gasteiger partial charge in [0.15, 0.2) is 0 Å². The van der Waals surface area contributed by atoms with E-state index in [0.717, 1.165) is 16.9 Å². The number of nitrogens with zero attached hydrogens (tertiary/aromatic N) is 4. The molecule has 5 nitrogen and oxygen atoms in total. The van der Waals surface area contributed by atoms with E-state index in [1.165, 1.54) is 21.6 Å². The van der Waals surface area contributed by atoms with Crippen LogP contribution in [0.15, 0.2) is 91.5 Å². The third-order valence-electron chi connectivity index (χ3n) is 6.44. The Morgan fingerprint density at radius 1 is 0.833 bits per heavy atom. The molecule has 5 heteroatoms. The summed E-state index contributed by atoms with van der Waals surface area (Å²) >= 11 is 0. The van der Waals surface area contributed by atoms with E-state index in [-0.39, 0.29) is 6.67 Å². The molecular weight excluding hydrogens is 444 g/mol.